The summed E-state index contributed by atoms with van der Waals surface area (Å²) in [6, 6.07) is 7.41. The summed E-state index contributed by atoms with van der Waals surface area (Å²) < 4.78 is 0. The van der Waals surface area contributed by atoms with Crippen molar-refractivity contribution in [1.82, 2.24) is 5.32 Å². The number of amides is 1. The van der Waals surface area contributed by atoms with Crippen LogP contribution < -0.4 is 5.32 Å². The molecule has 2 atom stereocenters. The van der Waals surface area contributed by atoms with Gasteiger partial charge in [0.25, 0.3) is 5.91 Å². The van der Waals surface area contributed by atoms with Gasteiger partial charge in [-0.25, -0.2) is 0 Å². The minimum absolute atomic E-state index is 0.00810. The Labute approximate surface area is 107 Å². The van der Waals surface area contributed by atoms with Gasteiger partial charge in [0.2, 0.25) is 0 Å². The fraction of sp³-hybridized carbons (Fsp3) is 0.500. The lowest BCUT2D eigenvalue weighted by Gasteiger charge is -2.29. The van der Waals surface area contributed by atoms with Crippen LogP contribution in [-0.2, 0) is 0 Å². The molecule has 3 heteroatoms. The molecule has 1 saturated carbocycles. The van der Waals surface area contributed by atoms with E-state index in [1.807, 2.05) is 6.07 Å². The van der Waals surface area contributed by atoms with Gasteiger partial charge < -0.3 is 5.32 Å². The molecule has 2 nitrogen and oxygen atoms in total. The van der Waals surface area contributed by atoms with Crippen molar-refractivity contribution in [3.63, 3.8) is 0 Å². The molecule has 1 amide bonds. The van der Waals surface area contributed by atoms with Crippen LogP contribution in [0.1, 0.15) is 43.0 Å². The third-order valence-corrected chi connectivity index (χ3v) is 3.75. The standard InChI is InChI=1S/C14H18ClNO/c1-10-5-2-3-8-13(10)16-14(17)11-6-4-7-12(15)9-11/h4,6-7,9-10,13H,2-3,5,8H2,1H3,(H,16,17)/t10-,13+/m0/s1. The van der Waals surface area contributed by atoms with Crippen LogP contribution in [0.4, 0.5) is 0 Å². The van der Waals surface area contributed by atoms with Gasteiger partial charge in [0.05, 0.1) is 0 Å². The van der Waals surface area contributed by atoms with E-state index in [4.69, 9.17) is 11.6 Å². The molecule has 92 valence electrons. The highest BCUT2D eigenvalue weighted by atomic mass is 35.5. The quantitative estimate of drug-likeness (QED) is 0.854. The van der Waals surface area contributed by atoms with Gasteiger partial charge >= 0.3 is 0 Å². The first-order valence-corrected chi connectivity index (χ1v) is 6.61. The summed E-state index contributed by atoms with van der Waals surface area (Å²) in [6.45, 7) is 2.21. The van der Waals surface area contributed by atoms with Gasteiger partial charge in [-0.1, -0.05) is 37.4 Å². The molecule has 0 aliphatic heterocycles. The van der Waals surface area contributed by atoms with Crippen molar-refractivity contribution >= 4 is 17.5 Å². The van der Waals surface area contributed by atoms with Crippen molar-refractivity contribution in [2.24, 2.45) is 5.92 Å². The van der Waals surface area contributed by atoms with Gasteiger partial charge in [-0.15, -0.1) is 0 Å². The van der Waals surface area contributed by atoms with E-state index in [2.05, 4.69) is 12.2 Å². The summed E-state index contributed by atoms with van der Waals surface area (Å²) in [4.78, 5) is 12.0. The van der Waals surface area contributed by atoms with Crippen LogP contribution in [-0.4, -0.2) is 11.9 Å². The minimum atomic E-state index is -0.00810. The fourth-order valence-corrected chi connectivity index (χ4v) is 2.60. The lowest BCUT2D eigenvalue weighted by atomic mass is 9.86. The highest BCUT2D eigenvalue weighted by molar-refractivity contribution is 6.30. The molecule has 0 heterocycles. The van der Waals surface area contributed by atoms with Gasteiger partial charge in [-0.2, -0.15) is 0 Å². The summed E-state index contributed by atoms with van der Waals surface area (Å²) in [6.07, 6.45) is 4.80. The first-order valence-electron chi connectivity index (χ1n) is 6.23. The van der Waals surface area contributed by atoms with E-state index in [-0.39, 0.29) is 5.91 Å². The number of nitrogens with one attached hydrogen (secondary N) is 1. The van der Waals surface area contributed by atoms with Crippen molar-refractivity contribution in [2.45, 2.75) is 38.6 Å². The average Bonchev–Trinajstić information content (AvgIpc) is 2.32. The van der Waals surface area contributed by atoms with Crippen LogP contribution >= 0.6 is 11.6 Å². The number of rotatable bonds is 2. The molecular weight excluding hydrogens is 234 g/mol. The molecule has 1 fully saturated rings. The van der Waals surface area contributed by atoms with Gasteiger partial charge in [-0.3, -0.25) is 4.79 Å². The Morgan fingerprint density at radius 3 is 2.82 bits per heavy atom. The van der Waals surface area contributed by atoms with Crippen molar-refractivity contribution in [3.05, 3.63) is 34.9 Å². The van der Waals surface area contributed by atoms with E-state index in [9.17, 15) is 4.79 Å². The van der Waals surface area contributed by atoms with Crippen molar-refractivity contribution in [1.29, 1.82) is 0 Å². The zero-order valence-electron chi connectivity index (χ0n) is 10.1. The summed E-state index contributed by atoms with van der Waals surface area (Å²) in [5, 5.41) is 3.72. The number of hydrogen-bond donors (Lipinski definition) is 1. The summed E-state index contributed by atoms with van der Waals surface area (Å²) >= 11 is 5.88. The number of benzene rings is 1. The first kappa shape index (κ1) is 12.4. The molecule has 0 saturated heterocycles. The molecule has 1 aromatic carbocycles. The Balaban J connectivity index is 2.01. The van der Waals surface area contributed by atoms with Gasteiger partial charge in [0.15, 0.2) is 0 Å². The topological polar surface area (TPSA) is 29.1 Å². The van der Waals surface area contributed by atoms with Crippen LogP contribution in [0.5, 0.6) is 0 Å². The van der Waals surface area contributed by atoms with Crippen molar-refractivity contribution < 1.29 is 4.79 Å². The molecule has 0 aromatic heterocycles. The van der Waals surface area contributed by atoms with Crippen LogP contribution in [0, 0.1) is 5.92 Å². The van der Waals surface area contributed by atoms with Gasteiger partial charge in [0, 0.05) is 16.6 Å². The summed E-state index contributed by atoms with van der Waals surface area (Å²) in [5.41, 5.74) is 0.648. The molecular formula is C14H18ClNO. The molecule has 1 N–H and O–H groups in total. The Morgan fingerprint density at radius 1 is 1.35 bits per heavy atom. The van der Waals surface area contributed by atoms with Crippen LogP contribution in [0.2, 0.25) is 5.02 Å². The van der Waals surface area contributed by atoms with E-state index in [0.29, 0.717) is 22.5 Å². The highest BCUT2D eigenvalue weighted by Crippen LogP contribution is 2.24. The third kappa shape index (κ3) is 3.22. The molecule has 1 aliphatic carbocycles. The molecule has 0 spiro atoms. The van der Waals surface area contributed by atoms with Gasteiger partial charge in [0.1, 0.15) is 0 Å². The van der Waals surface area contributed by atoms with E-state index in [1.54, 1.807) is 18.2 Å². The Morgan fingerprint density at radius 2 is 2.12 bits per heavy atom. The second-order valence-electron chi connectivity index (χ2n) is 4.85. The number of hydrogen-bond acceptors (Lipinski definition) is 1. The third-order valence-electron chi connectivity index (χ3n) is 3.51. The number of halogens is 1. The zero-order valence-corrected chi connectivity index (χ0v) is 10.8. The van der Waals surface area contributed by atoms with Crippen LogP contribution in [0.25, 0.3) is 0 Å². The molecule has 17 heavy (non-hydrogen) atoms. The largest absolute Gasteiger partial charge is 0.349 e. The Bertz CT molecular complexity index is 405. The summed E-state index contributed by atoms with van der Waals surface area (Å²) in [5.74, 6) is 0.568. The molecule has 0 bridgehead atoms. The Kier molecular flexibility index (Phi) is 4.06. The SMILES string of the molecule is C[C@H]1CCCC[C@H]1NC(=O)c1cccc(Cl)c1. The van der Waals surface area contributed by atoms with Crippen LogP contribution in [0.3, 0.4) is 0 Å². The van der Waals surface area contributed by atoms with E-state index in [0.717, 1.165) is 6.42 Å². The normalized spacial score (nSPS) is 24.4. The molecule has 1 aromatic rings. The predicted octanol–water partition coefficient (Wildman–Crippen LogP) is 3.65. The second-order valence-corrected chi connectivity index (χ2v) is 5.29. The Hall–Kier alpha value is -1.02. The highest BCUT2D eigenvalue weighted by Gasteiger charge is 2.23. The molecule has 2 rings (SSSR count). The molecule has 1 aliphatic rings. The number of carbonyl (C=O) groups excluding carboxylic acids is 1. The zero-order chi connectivity index (χ0) is 12.3. The lowest BCUT2D eigenvalue weighted by Crippen LogP contribution is -2.41. The smallest absolute Gasteiger partial charge is 0.251 e. The maximum atomic E-state index is 12.0. The monoisotopic (exact) mass is 251 g/mol. The van der Waals surface area contributed by atoms with Gasteiger partial charge in [-0.05, 0) is 37.0 Å². The maximum absolute atomic E-state index is 12.0. The van der Waals surface area contributed by atoms with Crippen molar-refractivity contribution in [2.75, 3.05) is 0 Å². The van der Waals surface area contributed by atoms with E-state index in [1.165, 1.54) is 19.3 Å². The van der Waals surface area contributed by atoms with Crippen molar-refractivity contribution in [3.8, 4) is 0 Å². The fourth-order valence-electron chi connectivity index (χ4n) is 2.41. The molecule has 0 radical (unpaired) electrons. The lowest BCUT2D eigenvalue weighted by molar-refractivity contribution is 0.0910. The number of carbonyl (C=O) groups is 1. The minimum Gasteiger partial charge on any atom is -0.349 e. The van der Waals surface area contributed by atoms with E-state index >= 15 is 0 Å². The first-order chi connectivity index (χ1) is 8.16. The average molecular weight is 252 g/mol. The predicted molar refractivity (Wildman–Crippen MR) is 70.3 cm³/mol. The van der Waals surface area contributed by atoms with E-state index < -0.39 is 0 Å². The molecule has 0 unspecified atom stereocenters. The summed E-state index contributed by atoms with van der Waals surface area (Å²) in [7, 11) is 0. The maximum Gasteiger partial charge on any atom is 0.251 e. The second kappa shape index (κ2) is 5.54. The van der Waals surface area contributed by atoms with Crippen LogP contribution in [0.15, 0.2) is 24.3 Å².